The molecule has 648 valence electrons. The highest BCUT2D eigenvalue weighted by molar-refractivity contribution is 7.98. The molecule has 0 heterocycles. The predicted octanol–water partition coefficient (Wildman–Crippen LogP) is -2.46. The van der Waals surface area contributed by atoms with Crippen molar-refractivity contribution in [1.29, 1.82) is 5.41 Å². The van der Waals surface area contributed by atoms with Crippen molar-refractivity contribution in [3.05, 3.63) is 65.7 Å². The van der Waals surface area contributed by atoms with Gasteiger partial charge in [0.1, 0.15) is 78.3 Å². The predicted molar refractivity (Wildman–Crippen MR) is 437 cm³/mol. The topological polar surface area (TPSA) is 630 Å². The summed E-state index contributed by atoms with van der Waals surface area (Å²) in [6.45, 7) is 14.0. The van der Waals surface area contributed by atoms with Crippen LogP contribution in [0.5, 0.6) is 5.75 Å². The minimum Gasteiger partial charge on any atom is -0.508 e. The van der Waals surface area contributed by atoms with Gasteiger partial charge in [-0.15, -0.1) is 0 Å². The maximum absolute atomic E-state index is 14.6. The molecule has 0 aliphatic carbocycles. The van der Waals surface area contributed by atoms with E-state index >= 15 is 0 Å². The van der Waals surface area contributed by atoms with Crippen LogP contribution < -0.4 is 97.4 Å². The Balaban J connectivity index is 2.43. The summed E-state index contributed by atoms with van der Waals surface area (Å²) in [5.41, 5.74) is 24.0. The second-order valence-electron chi connectivity index (χ2n) is 29.3. The molecule has 116 heavy (non-hydrogen) atoms. The molecule has 0 fully saturated rings. The fourth-order valence-corrected chi connectivity index (χ4v) is 12.3. The van der Waals surface area contributed by atoms with Crippen LogP contribution in [0.4, 0.5) is 0 Å². The Morgan fingerprint density at radius 1 is 0.474 bits per heavy atom. The number of carbonyl (C=O) groups is 16. The Bertz CT molecular complexity index is 3600. The molecule has 0 aliphatic heterocycles. The van der Waals surface area contributed by atoms with Crippen LogP contribution in [0.25, 0.3) is 0 Å². The van der Waals surface area contributed by atoms with Gasteiger partial charge in [-0.2, -0.15) is 24.4 Å². The second-order valence-corrected chi connectivity index (χ2v) is 30.6. The molecule has 2 aromatic rings. The molecule has 2 aromatic carbocycles. The molecule has 15 atom stereocenters. The molecule has 0 saturated carbocycles. The van der Waals surface area contributed by atoms with Crippen molar-refractivity contribution in [2.24, 2.45) is 46.6 Å². The number of carbonyl (C=O) groups excluding carboxylic acids is 14. The largest absolute Gasteiger partial charge is 0.508 e. The number of phenols is 1. The van der Waals surface area contributed by atoms with Crippen molar-refractivity contribution in [1.82, 2.24) is 74.4 Å². The lowest BCUT2D eigenvalue weighted by Crippen LogP contribution is -2.62. The lowest BCUT2D eigenvalue weighted by atomic mass is 9.95. The quantitative estimate of drug-likeness (QED) is 0.0141. The first-order chi connectivity index (χ1) is 54.7. The average Bonchev–Trinajstić information content (AvgIpc) is 0.850. The van der Waals surface area contributed by atoms with Crippen molar-refractivity contribution < 1.29 is 92.0 Å². The number of carboxylic acid groups (broad SMARTS) is 2. The summed E-state index contributed by atoms with van der Waals surface area (Å²) in [6.07, 6.45) is 0.815. The van der Waals surface area contributed by atoms with Crippen LogP contribution in [-0.2, 0) is 89.6 Å². The summed E-state index contributed by atoms with van der Waals surface area (Å²) in [4.78, 5) is 219. The van der Waals surface area contributed by atoms with Crippen molar-refractivity contribution in [3.63, 3.8) is 0 Å². The van der Waals surface area contributed by atoms with Crippen molar-refractivity contribution in [3.8, 4) is 5.75 Å². The summed E-state index contributed by atoms with van der Waals surface area (Å²) in [5, 5.41) is 72.9. The van der Waals surface area contributed by atoms with E-state index in [4.69, 9.17) is 28.3 Å². The Kier molecular flexibility index (Phi) is 47.1. The lowest BCUT2D eigenvalue weighted by molar-refractivity contribution is -0.144. The van der Waals surface area contributed by atoms with E-state index < -0.39 is 229 Å². The van der Waals surface area contributed by atoms with Gasteiger partial charge in [0.25, 0.3) is 0 Å². The molecule has 38 nitrogen and oxygen atoms in total. The molecular weight excluding hydrogens is 1550 g/mol. The zero-order valence-corrected chi connectivity index (χ0v) is 69.4. The van der Waals surface area contributed by atoms with Crippen molar-refractivity contribution in [2.45, 2.75) is 237 Å². The zero-order chi connectivity index (χ0) is 87.5. The second kappa shape index (κ2) is 53.7. The SMILES string of the molecule is CC[C@H](C)[C@H](NC(=O)[C@H](Cc1ccccc1)NC(=O)[C@H](CCC(=O)O)NC(=O)[C@H](CC(C)C)NC(=O)[C@H](C)NC(=O)[C@H](CCCCN)NC(=O)[C@H](CCC(N)=O)NC(=O)[C@@H](NC(=O)[C@@H](NC(=O)[C@H](CCCNC(=N)N)NC(=O)[C@H](CS)NC(=O)CNC(=O)[C@H](Cc1ccc(O)cc1)NC(=O)[C@@H](N)CCSC)C(C)C)[C@@H](C)CC)C(=O)O. The Hall–Kier alpha value is -10.4. The normalized spacial score (nSPS) is 15.0. The van der Waals surface area contributed by atoms with Crippen LogP contribution in [0.2, 0.25) is 0 Å². The fraction of sp³-hybridized carbons (Fsp3) is 0.618. The van der Waals surface area contributed by atoms with Crippen molar-refractivity contribution in [2.75, 3.05) is 37.4 Å². The van der Waals surface area contributed by atoms with Crippen LogP contribution >= 0.6 is 24.4 Å². The molecule has 0 unspecified atom stereocenters. The van der Waals surface area contributed by atoms with Gasteiger partial charge in [-0.3, -0.25) is 77.3 Å². The number of hydrogen-bond donors (Lipinski definition) is 23. The molecule has 0 bridgehead atoms. The van der Waals surface area contributed by atoms with E-state index in [-0.39, 0.29) is 81.9 Å². The summed E-state index contributed by atoms with van der Waals surface area (Å²) < 4.78 is 0. The highest BCUT2D eigenvalue weighted by Gasteiger charge is 2.39. The maximum Gasteiger partial charge on any atom is 0.326 e. The highest BCUT2D eigenvalue weighted by Crippen LogP contribution is 2.18. The number of nitrogens with two attached hydrogens (primary N) is 4. The van der Waals surface area contributed by atoms with Gasteiger partial charge in [0.2, 0.25) is 82.7 Å². The van der Waals surface area contributed by atoms with Gasteiger partial charge in [0.05, 0.1) is 12.6 Å². The van der Waals surface area contributed by atoms with E-state index in [1.807, 2.05) is 6.26 Å². The molecule has 0 radical (unpaired) electrons. The minimum absolute atomic E-state index is 0.0405. The molecule has 26 N–H and O–H groups in total. The molecule has 0 spiro atoms. The summed E-state index contributed by atoms with van der Waals surface area (Å²) in [6, 6.07) is -4.14. The number of primary amides is 1. The summed E-state index contributed by atoms with van der Waals surface area (Å²) in [7, 11) is 0. The van der Waals surface area contributed by atoms with Gasteiger partial charge in [-0.25, -0.2) is 4.79 Å². The zero-order valence-electron chi connectivity index (χ0n) is 67.7. The van der Waals surface area contributed by atoms with E-state index in [1.165, 1.54) is 43.0 Å². The number of phenolic OH excluding ortho intramolecular Hbond substituents is 1. The fourth-order valence-electron chi connectivity index (χ4n) is 11.6. The van der Waals surface area contributed by atoms with E-state index in [9.17, 15) is 92.0 Å². The molecule has 0 aliphatic rings. The number of thioether (sulfide) groups is 1. The number of amides is 14. The number of unbranched alkanes of at least 4 members (excludes halogenated alkanes) is 1. The number of benzene rings is 2. The van der Waals surface area contributed by atoms with Gasteiger partial charge in [-0.1, -0.05) is 111 Å². The lowest BCUT2D eigenvalue weighted by Gasteiger charge is -2.30. The standard InChI is InChI=1S/C76H123N19O19S2/c1-11-42(7)61(94-73(111)60(41(5)6)93-69(107)50(22-18-33-82-76(80)81)87-72(110)56(39-115)85-58(98)38-83-65(103)54(37-46-23-25-47(96)26-24-46)91-64(102)48(78)31-34-116-10)74(112)89-51(27-29-57(79)97)67(105)86-49(21-16-17-32-77)66(104)84-44(9)63(101)90-53(35-40(3)4)70(108)88-52(28-30-59(99)100)68(106)92-55(36-45-19-14-13-15-20-45)71(109)95-62(75(113)114)43(8)12-2/h13-15,19-20,23-26,40-44,48-56,60-62,96,115H,11-12,16-18,21-22,27-39,77-78H2,1-10H3,(H2,79,97)(H,83,103)(H,84,104)(H,85,98)(H,86,105)(H,87,110)(H,88,108)(H,89,112)(H,90,101)(H,91,102)(H,92,106)(H,93,107)(H,94,111)(H,95,109)(H,99,100)(H,113,114)(H4,80,81,82)/t42-,43-,44-,48-,49-,50-,51-,52-,53-,54-,55-,56-,60-,61-,62-/m0/s1. The van der Waals surface area contributed by atoms with Crippen molar-refractivity contribution >= 4 is 125 Å². The molecule has 40 heteroatoms. The third-order valence-electron chi connectivity index (χ3n) is 18.9. The number of guanidine groups is 1. The third-order valence-corrected chi connectivity index (χ3v) is 19.9. The van der Waals surface area contributed by atoms with Gasteiger partial charge >= 0.3 is 11.9 Å². The first-order valence-corrected chi connectivity index (χ1v) is 40.8. The average molecular weight is 1670 g/mol. The van der Waals surface area contributed by atoms with Crippen LogP contribution in [0.1, 0.15) is 157 Å². The number of carboxylic acids is 2. The number of nitrogens with one attached hydrogen (secondary N) is 15. The maximum atomic E-state index is 14.6. The molecule has 0 aromatic heterocycles. The number of rotatable bonds is 56. The number of aliphatic carboxylic acids is 2. The molecular formula is C76H123N19O19S2. The first-order valence-electron chi connectivity index (χ1n) is 38.8. The van der Waals surface area contributed by atoms with E-state index in [1.54, 1.807) is 85.7 Å². The van der Waals surface area contributed by atoms with Crippen LogP contribution in [0, 0.1) is 29.1 Å². The smallest absolute Gasteiger partial charge is 0.326 e. The van der Waals surface area contributed by atoms with Gasteiger partial charge in [0.15, 0.2) is 5.96 Å². The first kappa shape index (κ1) is 102. The van der Waals surface area contributed by atoms with Crippen LogP contribution in [0.15, 0.2) is 54.6 Å². The van der Waals surface area contributed by atoms with Crippen LogP contribution in [-0.4, -0.2) is 232 Å². The Morgan fingerprint density at radius 3 is 1.44 bits per heavy atom. The number of thiol groups is 1. The molecule has 0 saturated heterocycles. The third kappa shape index (κ3) is 38.4. The number of hydrogen-bond acceptors (Lipinski definition) is 22. The van der Waals surface area contributed by atoms with Gasteiger partial charge < -0.3 is 113 Å². The minimum atomic E-state index is -1.63. The monoisotopic (exact) mass is 1670 g/mol. The molecule has 2 rings (SSSR count). The van der Waals surface area contributed by atoms with Gasteiger partial charge in [0, 0.05) is 38.0 Å². The summed E-state index contributed by atoms with van der Waals surface area (Å²) in [5.74, 6) is -17.8. The van der Waals surface area contributed by atoms with E-state index in [2.05, 4.69) is 87.1 Å². The van der Waals surface area contributed by atoms with E-state index in [0.717, 1.165) is 0 Å². The Labute approximate surface area is 686 Å². The van der Waals surface area contributed by atoms with Gasteiger partial charge in [-0.05, 0) is 130 Å². The highest BCUT2D eigenvalue weighted by atomic mass is 32.2. The number of aromatic hydroxyl groups is 1. The molecule has 14 amide bonds. The van der Waals surface area contributed by atoms with Crippen LogP contribution in [0.3, 0.4) is 0 Å². The van der Waals surface area contributed by atoms with E-state index in [0.29, 0.717) is 36.1 Å². The Morgan fingerprint density at radius 2 is 0.922 bits per heavy atom. The summed E-state index contributed by atoms with van der Waals surface area (Å²) >= 11 is 5.73.